The van der Waals surface area contributed by atoms with Crippen LogP contribution >= 0.6 is 0 Å². The summed E-state index contributed by atoms with van der Waals surface area (Å²) in [4.78, 5) is 16.5. The first kappa shape index (κ1) is 14.5. The van der Waals surface area contributed by atoms with Gasteiger partial charge in [-0.15, -0.1) is 0 Å². The van der Waals surface area contributed by atoms with Gasteiger partial charge in [0.15, 0.2) is 0 Å². The molecule has 1 aliphatic heterocycles. The Bertz CT molecular complexity index is 241. The maximum absolute atomic E-state index is 12.3. The number of piperidine rings is 1. The van der Waals surface area contributed by atoms with Crippen LogP contribution in [0.3, 0.4) is 0 Å². The fraction of sp³-hybridized carbons (Fsp3) is 0.923. The van der Waals surface area contributed by atoms with Gasteiger partial charge in [-0.3, -0.25) is 9.69 Å². The van der Waals surface area contributed by atoms with Gasteiger partial charge in [0.1, 0.15) is 0 Å². The largest absolute Gasteiger partial charge is 0.342 e. The van der Waals surface area contributed by atoms with Crippen molar-refractivity contribution in [2.75, 3.05) is 32.7 Å². The molecule has 1 heterocycles. The smallest absolute Gasteiger partial charge is 0.239 e. The molecule has 1 aliphatic rings. The molecule has 2 N–H and O–H groups in total. The predicted octanol–water partition coefficient (Wildman–Crippen LogP) is 0.914. The highest BCUT2D eigenvalue weighted by Crippen LogP contribution is 2.18. The van der Waals surface area contributed by atoms with Crippen LogP contribution in [0.1, 0.15) is 33.6 Å². The Balaban J connectivity index is 2.56. The summed E-state index contributed by atoms with van der Waals surface area (Å²) in [5.41, 5.74) is 5.73. The van der Waals surface area contributed by atoms with Gasteiger partial charge in [0.25, 0.3) is 0 Å². The first-order valence-corrected chi connectivity index (χ1v) is 6.86. The van der Waals surface area contributed by atoms with E-state index in [9.17, 15) is 4.79 Å². The van der Waals surface area contributed by atoms with E-state index in [4.69, 9.17) is 5.73 Å². The summed E-state index contributed by atoms with van der Waals surface area (Å²) in [5, 5.41) is 0. The highest BCUT2D eigenvalue weighted by Gasteiger charge is 2.28. The Morgan fingerprint density at radius 1 is 1.47 bits per heavy atom. The van der Waals surface area contributed by atoms with E-state index in [1.165, 1.54) is 6.42 Å². The summed E-state index contributed by atoms with van der Waals surface area (Å²) in [6, 6.07) is 0.00394. The fourth-order valence-corrected chi connectivity index (χ4v) is 2.60. The number of hydrogen-bond acceptors (Lipinski definition) is 3. The van der Waals surface area contributed by atoms with E-state index in [1.54, 1.807) is 0 Å². The third-order valence-corrected chi connectivity index (χ3v) is 3.86. The molecule has 1 fully saturated rings. The number of likely N-dealkylation sites (tertiary alicyclic amines) is 1. The first-order chi connectivity index (χ1) is 8.13. The van der Waals surface area contributed by atoms with Gasteiger partial charge in [0.2, 0.25) is 5.91 Å². The number of carbonyl (C=O) groups is 1. The number of amides is 1. The zero-order chi connectivity index (χ0) is 12.8. The van der Waals surface area contributed by atoms with Gasteiger partial charge in [0, 0.05) is 19.6 Å². The van der Waals surface area contributed by atoms with Crippen molar-refractivity contribution in [1.82, 2.24) is 9.80 Å². The van der Waals surface area contributed by atoms with E-state index in [1.807, 2.05) is 25.7 Å². The Labute approximate surface area is 105 Å². The van der Waals surface area contributed by atoms with Crippen LogP contribution in [0, 0.1) is 5.92 Å². The molecule has 1 amide bonds. The van der Waals surface area contributed by atoms with Gasteiger partial charge in [-0.05, 0) is 52.6 Å². The Morgan fingerprint density at radius 3 is 2.65 bits per heavy atom. The topological polar surface area (TPSA) is 49.6 Å². The molecule has 2 unspecified atom stereocenters. The van der Waals surface area contributed by atoms with E-state index in [0.717, 1.165) is 39.1 Å². The molecule has 17 heavy (non-hydrogen) atoms. The van der Waals surface area contributed by atoms with Crippen LogP contribution in [0.2, 0.25) is 0 Å². The fourth-order valence-electron chi connectivity index (χ4n) is 2.60. The number of nitrogens with two attached hydrogens (primary N) is 1. The molecule has 0 radical (unpaired) electrons. The number of likely N-dealkylation sites (N-methyl/N-ethyl adjacent to an activating group) is 1. The lowest BCUT2D eigenvalue weighted by Gasteiger charge is -2.37. The van der Waals surface area contributed by atoms with Crippen molar-refractivity contribution >= 4 is 5.91 Å². The lowest BCUT2D eigenvalue weighted by atomic mass is 9.97. The number of carbonyl (C=O) groups excluding carboxylic acids is 1. The summed E-state index contributed by atoms with van der Waals surface area (Å²) in [5.74, 6) is 0.823. The lowest BCUT2D eigenvalue weighted by molar-refractivity contribution is -0.136. The van der Waals surface area contributed by atoms with Gasteiger partial charge in [-0.2, -0.15) is 0 Å². The second kappa shape index (κ2) is 6.97. The molecule has 0 aliphatic carbocycles. The zero-order valence-electron chi connectivity index (χ0n) is 11.5. The molecule has 2 atom stereocenters. The molecule has 0 aromatic rings. The van der Waals surface area contributed by atoms with Gasteiger partial charge in [-0.25, -0.2) is 0 Å². The van der Waals surface area contributed by atoms with Crippen LogP contribution in [0.15, 0.2) is 0 Å². The first-order valence-electron chi connectivity index (χ1n) is 6.86. The van der Waals surface area contributed by atoms with E-state index in [-0.39, 0.29) is 11.9 Å². The normalized spacial score (nSPS) is 23.4. The molecule has 0 aromatic heterocycles. The van der Waals surface area contributed by atoms with Crippen LogP contribution in [0.25, 0.3) is 0 Å². The summed E-state index contributed by atoms with van der Waals surface area (Å²) in [6.45, 7) is 10.4. The molecule has 0 saturated carbocycles. The molecule has 100 valence electrons. The Hall–Kier alpha value is -0.610. The van der Waals surface area contributed by atoms with Crippen LogP contribution in [0.5, 0.6) is 0 Å². The number of nitrogens with zero attached hydrogens (tertiary/aromatic N) is 2. The van der Waals surface area contributed by atoms with Gasteiger partial charge >= 0.3 is 0 Å². The van der Waals surface area contributed by atoms with Crippen molar-refractivity contribution in [2.45, 2.75) is 39.7 Å². The Morgan fingerprint density at radius 2 is 2.12 bits per heavy atom. The standard InChI is InChI=1S/C13H27N3O/c1-4-15(5-2)13(17)11(3)16-8-6-7-12(9-14)10-16/h11-12H,4-10,14H2,1-3H3. The van der Waals surface area contributed by atoms with Gasteiger partial charge in [-0.1, -0.05) is 0 Å². The third-order valence-electron chi connectivity index (χ3n) is 3.86. The molecular formula is C13H27N3O. The van der Waals surface area contributed by atoms with Crippen molar-refractivity contribution < 1.29 is 4.79 Å². The molecule has 0 aromatic carbocycles. The average Bonchev–Trinajstić information content (AvgIpc) is 2.39. The molecular weight excluding hydrogens is 214 g/mol. The summed E-state index contributed by atoms with van der Waals surface area (Å²) < 4.78 is 0. The molecule has 1 rings (SSSR count). The lowest BCUT2D eigenvalue weighted by Crippen LogP contribution is -2.51. The van der Waals surface area contributed by atoms with E-state index < -0.39 is 0 Å². The van der Waals surface area contributed by atoms with Crippen LogP contribution < -0.4 is 5.73 Å². The summed E-state index contributed by atoms with van der Waals surface area (Å²) in [7, 11) is 0. The third kappa shape index (κ3) is 3.68. The number of rotatable bonds is 5. The van der Waals surface area contributed by atoms with Crippen molar-refractivity contribution in [3.05, 3.63) is 0 Å². The van der Waals surface area contributed by atoms with Gasteiger partial charge < -0.3 is 10.6 Å². The van der Waals surface area contributed by atoms with Crippen molar-refractivity contribution in [3.63, 3.8) is 0 Å². The minimum absolute atomic E-state index is 0.00394. The summed E-state index contributed by atoms with van der Waals surface area (Å²) in [6.07, 6.45) is 2.37. The highest BCUT2D eigenvalue weighted by atomic mass is 16.2. The van der Waals surface area contributed by atoms with Crippen LogP contribution in [-0.2, 0) is 4.79 Å². The average molecular weight is 241 g/mol. The Kier molecular flexibility index (Phi) is 5.92. The minimum atomic E-state index is 0.00394. The van der Waals surface area contributed by atoms with E-state index in [0.29, 0.717) is 5.92 Å². The molecule has 4 heteroatoms. The quantitative estimate of drug-likeness (QED) is 0.778. The van der Waals surface area contributed by atoms with Crippen molar-refractivity contribution in [1.29, 1.82) is 0 Å². The monoisotopic (exact) mass is 241 g/mol. The highest BCUT2D eigenvalue weighted by molar-refractivity contribution is 5.81. The SMILES string of the molecule is CCN(CC)C(=O)C(C)N1CCCC(CN)C1. The van der Waals surface area contributed by atoms with Gasteiger partial charge in [0.05, 0.1) is 6.04 Å². The van der Waals surface area contributed by atoms with Crippen LogP contribution in [0.4, 0.5) is 0 Å². The van der Waals surface area contributed by atoms with Crippen molar-refractivity contribution in [3.8, 4) is 0 Å². The maximum Gasteiger partial charge on any atom is 0.239 e. The second-order valence-corrected chi connectivity index (χ2v) is 4.93. The molecule has 0 bridgehead atoms. The van der Waals surface area contributed by atoms with Crippen LogP contribution in [-0.4, -0.2) is 54.5 Å². The zero-order valence-corrected chi connectivity index (χ0v) is 11.5. The predicted molar refractivity (Wildman–Crippen MR) is 70.7 cm³/mol. The van der Waals surface area contributed by atoms with E-state index >= 15 is 0 Å². The molecule has 1 saturated heterocycles. The number of hydrogen-bond donors (Lipinski definition) is 1. The van der Waals surface area contributed by atoms with E-state index in [2.05, 4.69) is 4.90 Å². The molecule has 0 spiro atoms. The van der Waals surface area contributed by atoms with Crippen molar-refractivity contribution in [2.24, 2.45) is 11.7 Å². The summed E-state index contributed by atoms with van der Waals surface area (Å²) >= 11 is 0. The maximum atomic E-state index is 12.3. The second-order valence-electron chi connectivity index (χ2n) is 4.93. The molecule has 4 nitrogen and oxygen atoms in total. The minimum Gasteiger partial charge on any atom is -0.342 e.